The number of benzene rings is 1. The smallest absolute Gasteiger partial charge is 0.340 e. The van der Waals surface area contributed by atoms with Gasteiger partial charge in [-0.3, -0.25) is 4.79 Å². The summed E-state index contributed by atoms with van der Waals surface area (Å²) in [6.45, 7) is 6.89. The van der Waals surface area contributed by atoms with Crippen LogP contribution in [0.3, 0.4) is 0 Å². The van der Waals surface area contributed by atoms with Gasteiger partial charge in [0.05, 0.1) is 0 Å². The number of aliphatic hydroxyl groups is 1. The van der Waals surface area contributed by atoms with Gasteiger partial charge in [0.1, 0.15) is 5.78 Å². The van der Waals surface area contributed by atoms with E-state index in [-0.39, 0.29) is 12.3 Å². The molecule has 0 heterocycles. The van der Waals surface area contributed by atoms with Gasteiger partial charge < -0.3 is 10.2 Å². The highest BCUT2D eigenvalue weighted by Crippen LogP contribution is 2.35. The van der Waals surface area contributed by atoms with Crippen molar-refractivity contribution in [3.05, 3.63) is 48.0 Å². The van der Waals surface area contributed by atoms with Crippen LogP contribution in [0, 0.1) is 17.3 Å². The summed E-state index contributed by atoms with van der Waals surface area (Å²) in [6, 6.07) is 8.61. The van der Waals surface area contributed by atoms with Gasteiger partial charge in [-0.2, -0.15) is 0 Å². The minimum atomic E-state index is -1.85. The first-order chi connectivity index (χ1) is 15.2. The van der Waals surface area contributed by atoms with E-state index in [2.05, 4.69) is 32.9 Å². The predicted octanol–water partition coefficient (Wildman–Crippen LogP) is 6.67. The maximum absolute atomic E-state index is 12.4. The lowest BCUT2D eigenvalue weighted by molar-refractivity contribution is -0.160. The Morgan fingerprint density at radius 3 is 2.47 bits per heavy atom. The largest absolute Gasteiger partial charge is 0.479 e. The van der Waals surface area contributed by atoms with Crippen molar-refractivity contribution in [1.29, 1.82) is 0 Å². The van der Waals surface area contributed by atoms with Crippen LogP contribution in [-0.2, 0) is 15.2 Å². The van der Waals surface area contributed by atoms with Crippen molar-refractivity contribution < 1.29 is 19.8 Å². The highest BCUT2D eigenvalue weighted by molar-refractivity contribution is 5.83. The molecule has 0 spiro atoms. The van der Waals surface area contributed by atoms with E-state index in [1.165, 1.54) is 19.3 Å². The quantitative estimate of drug-likeness (QED) is 0.249. The summed E-state index contributed by atoms with van der Waals surface area (Å²) in [5, 5.41) is 20.3. The van der Waals surface area contributed by atoms with Crippen LogP contribution >= 0.6 is 0 Å². The summed E-state index contributed by atoms with van der Waals surface area (Å²) >= 11 is 0. The molecule has 0 bridgehead atoms. The number of carboxylic acid groups (broad SMARTS) is 1. The summed E-state index contributed by atoms with van der Waals surface area (Å²) in [5.74, 6) is -0.390. The summed E-state index contributed by atoms with van der Waals surface area (Å²) in [5.41, 5.74) is -1.05. The third-order valence-corrected chi connectivity index (χ3v) is 7.11. The number of ketones is 1. The molecule has 4 heteroatoms. The first kappa shape index (κ1) is 26.3. The zero-order chi connectivity index (χ0) is 23.6. The molecule has 1 fully saturated rings. The van der Waals surface area contributed by atoms with Crippen LogP contribution < -0.4 is 0 Å². The van der Waals surface area contributed by atoms with Crippen molar-refractivity contribution in [2.45, 2.75) is 97.0 Å². The molecule has 0 amide bonds. The lowest BCUT2D eigenvalue weighted by atomic mass is 9.83. The number of carbonyl (C=O) groups excluding carboxylic acids is 1. The van der Waals surface area contributed by atoms with Crippen LogP contribution in [0.2, 0.25) is 0 Å². The average molecular weight is 443 g/mol. The number of aliphatic carboxylic acids is 1. The summed E-state index contributed by atoms with van der Waals surface area (Å²) in [6.07, 6.45) is 14.2. The number of allylic oxidation sites excluding steroid dienone is 2. The molecule has 1 aliphatic carbocycles. The molecule has 0 radical (unpaired) electrons. The summed E-state index contributed by atoms with van der Waals surface area (Å²) < 4.78 is 0. The SMILES string of the molecule is CCCC(C)(C)CCC=C[C@H]1CCC(=O)[C@@H]1CCCCCC(O)(C(=O)O)c1ccccc1. The van der Waals surface area contributed by atoms with Gasteiger partial charge in [-0.25, -0.2) is 4.79 Å². The van der Waals surface area contributed by atoms with E-state index in [0.717, 1.165) is 32.1 Å². The lowest BCUT2D eigenvalue weighted by Crippen LogP contribution is -2.35. The fraction of sp³-hybridized carbons (Fsp3) is 0.643. The van der Waals surface area contributed by atoms with Crippen molar-refractivity contribution in [3.63, 3.8) is 0 Å². The first-order valence-electron chi connectivity index (χ1n) is 12.4. The maximum Gasteiger partial charge on any atom is 0.340 e. The molecule has 0 aliphatic heterocycles. The van der Waals surface area contributed by atoms with Crippen molar-refractivity contribution in [3.8, 4) is 0 Å². The highest BCUT2D eigenvalue weighted by Gasteiger charge is 2.37. The minimum Gasteiger partial charge on any atom is -0.479 e. The Bertz CT molecular complexity index is 752. The van der Waals surface area contributed by atoms with E-state index >= 15 is 0 Å². The molecule has 32 heavy (non-hydrogen) atoms. The third kappa shape index (κ3) is 7.58. The molecule has 1 aromatic carbocycles. The zero-order valence-electron chi connectivity index (χ0n) is 20.2. The van der Waals surface area contributed by atoms with E-state index in [9.17, 15) is 19.8 Å². The number of hydrogen-bond donors (Lipinski definition) is 2. The van der Waals surface area contributed by atoms with E-state index in [0.29, 0.717) is 35.5 Å². The normalized spacial score (nSPS) is 21.2. The van der Waals surface area contributed by atoms with Gasteiger partial charge >= 0.3 is 5.97 Å². The molecule has 2 N–H and O–H groups in total. The Morgan fingerprint density at radius 1 is 1.09 bits per heavy atom. The van der Waals surface area contributed by atoms with Gasteiger partial charge in [0.2, 0.25) is 0 Å². The predicted molar refractivity (Wildman–Crippen MR) is 129 cm³/mol. The molecule has 1 unspecified atom stereocenters. The molecular weight excluding hydrogens is 400 g/mol. The van der Waals surface area contributed by atoms with Gasteiger partial charge in [0.25, 0.3) is 0 Å². The Labute approximate surface area is 194 Å². The molecule has 0 saturated heterocycles. The zero-order valence-corrected chi connectivity index (χ0v) is 20.2. The summed E-state index contributed by atoms with van der Waals surface area (Å²) in [4.78, 5) is 24.1. The number of carbonyl (C=O) groups is 2. The fourth-order valence-corrected chi connectivity index (χ4v) is 5.10. The van der Waals surface area contributed by atoms with Gasteiger partial charge in [-0.15, -0.1) is 0 Å². The second kappa shape index (κ2) is 12.3. The summed E-state index contributed by atoms with van der Waals surface area (Å²) in [7, 11) is 0. The monoisotopic (exact) mass is 442 g/mol. The van der Waals surface area contributed by atoms with E-state index < -0.39 is 11.6 Å². The number of Topliss-reactive ketones (excluding diaryl/α,β-unsaturated/α-hetero) is 1. The van der Waals surface area contributed by atoms with Crippen molar-refractivity contribution in [2.24, 2.45) is 17.3 Å². The van der Waals surface area contributed by atoms with Crippen LogP contribution in [-0.4, -0.2) is 22.0 Å². The van der Waals surface area contributed by atoms with Crippen molar-refractivity contribution in [2.75, 3.05) is 0 Å². The fourth-order valence-electron chi connectivity index (χ4n) is 5.10. The number of hydrogen-bond acceptors (Lipinski definition) is 3. The van der Waals surface area contributed by atoms with E-state index in [4.69, 9.17) is 0 Å². The topological polar surface area (TPSA) is 74.6 Å². The molecule has 1 saturated carbocycles. The molecule has 3 atom stereocenters. The Balaban J connectivity index is 1.78. The molecule has 0 aromatic heterocycles. The van der Waals surface area contributed by atoms with Crippen molar-refractivity contribution >= 4 is 11.8 Å². The second-order valence-corrected chi connectivity index (χ2v) is 10.3. The van der Waals surface area contributed by atoms with Gasteiger partial charge in [-0.1, -0.05) is 82.5 Å². The van der Waals surface area contributed by atoms with Gasteiger partial charge in [-0.05, 0) is 61.8 Å². The Kier molecular flexibility index (Phi) is 10.1. The molecule has 2 rings (SSSR count). The number of unbranched alkanes of at least 4 members (excludes halogenated alkanes) is 2. The van der Waals surface area contributed by atoms with Gasteiger partial charge in [0, 0.05) is 12.3 Å². The lowest BCUT2D eigenvalue weighted by Gasteiger charge is -2.24. The van der Waals surface area contributed by atoms with Crippen LogP contribution in [0.15, 0.2) is 42.5 Å². The third-order valence-electron chi connectivity index (χ3n) is 7.11. The standard InChI is InChI=1S/C28H42O4/c1-4-19-27(2,3)20-12-10-13-22-17-18-25(29)24(22)16-9-6-11-21-28(32,26(30)31)23-14-7-5-8-15-23/h5,7-8,10,13-15,22,24,32H,4,6,9,11-12,16-21H2,1-3H3,(H,30,31)/t22-,24+,28?/m0/s1. The molecular formula is C28H42O4. The maximum atomic E-state index is 12.4. The Morgan fingerprint density at radius 2 is 1.81 bits per heavy atom. The highest BCUT2D eigenvalue weighted by atomic mass is 16.4. The number of rotatable bonds is 14. The average Bonchev–Trinajstić information content (AvgIpc) is 3.10. The van der Waals surface area contributed by atoms with Crippen LogP contribution in [0.1, 0.15) is 97.0 Å². The van der Waals surface area contributed by atoms with Crippen molar-refractivity contribution in [1.82, 2.24) is 0 Å². The Hall–Kier alpha value is -1.94. The van der Waals surface area contributed by atoms with Crippen LogP contribution in [0.4, 0.5) is 0 Å². The molecule has 1 aromatic rings. The van der Waals surface area contributed by atoms with E-state index in [1.54, 1.807) is 30.3 Å². The minimum absolute atomic E-state index is 0.0994. The second-order valence-electron chi connectivity index (χ2n) is 10.3. The molecule has 178 valence electrons. The van der Waals surface area contributed by atoms with Gasteiger partial charge in [0.15, 0.2) is 5.60 Å². The molecule has 4 nitrogen and oxygen atoms in total. The van der Waals surface area contributed by atoms with E-state index in [1.807, 2.05) is 0 Å². The first-order valence-corrected chi connectivity index (χ1v) is 12.4. The molecule has 1 aliphatic rings. The van der Waals surface area contributed by atoms with Crippen LogP contribution in [0.25, 0.3) is 0 Å². The van der Waals surface area contributed by atoms with Crippen LogP contribution in [0.5, 0.6) is 0 Å². The number of carboxylic acids is 1.